The molecule has 0 N–H and O–H groups in total. The summed E-state index contributed by atoms with van der Waals surface area (Å²) in [6.07, 6.45) is 3.71. The molecule has 0 amide bonds. The molecule has 0 saturated heterocycles. The number of benzene rings is 7. The fourth-order valence-corrected chi connectivity index (χ4v) is 6.82. The molecule has 2 heterocycles. The van der Waals surface area contributed by atoms with E-state index in [9.17, 15) is 0 Å². The smallest absolute Gasteiger partial charge is 0.165 e. The van der Waals surface area contributed by atoms with E-state index in [-0.39, 0.29) is 0 Å². The molecule has 0 saturated carbocycles. The topological polar surface area (TPSA) is 51.6 Å². The monoisotopic (exact) mass is 638 g/mol. The SMILES string of the molecule is c1ccc(-c2ccc(-c3nc(-c4c(-c5ccccc5)ccc5ccccc45)nc(-c4ccc(-c5cccnc5)c5ccccc45)n3)cc2)cc1. The van der Waals surface area contributed by atoms with Gasteiger partial charge in [0.1, 0.15) is 0 Å². The molecule has 0 bridgehead atoms. The van der Waals surface area contributed by atoms with Crippen LogP contribution in [0.2, 0.25) is 0 Å². The fourth-order valence-electron chi connectivity index (χ4n) is 6.82. The summed E-state index contributed by atoms with van der Waals surface area (Å²) in [5.41, 5.74) is 9.52. The summed E-state index contributed by atoms with van der Waals surface area (Å²) in [5.74, 6) is 1.88. The van der Waals surface area contributed by atoms with Gasteiger partial charge in [0.15, 0.2) is 17.5 Å². The minimum Gasteiger partial charge on any atom is -0.264 e. The number of fused-ring (bicyclic) bond motifs is 2. The van der Waals surface area contributed by atoms with Crippen molar-refractivity contribution >= 4 is 21.5 Å². The number of aromatic nitrogens is 4. The Bertz CT molecular complexity index is 2620. The van der Waals surface area contributed by atoms with Crippen molar-refractivity contribution in [3.63, 3.8) is 0 Å². The van der Waals surface area contributed by atoms with Crippen LogP contribution in [0, 0.1) is 0 Å². The average Bonchev–Trinajstić information content (AvgIpc) is 3.21. The van der Waals surface area contributed by atoms with Crippen LogP contribution < -0.4 is 0 Å². The first-order valence-corrected chi connectivity index (χ1v) is 16.7. The zero-order chi connectivity index (χ0) is 33.3. The van der Waals surface area contributed by atoms with Crippen LogP contribution in [0.4, 0.5) is 0 Å². The predicted octanol–water partition coefficient (Wildman–Crippen LogP) is 11.6. The Hall–Kier alpha value is -6.78. The zero-order valence-corrected chi connectivity index (χ0v) is 27.1. The summed E-state index contributed by atoms with van der Waals surface area (Å²) in [5, 5.41) is 4.40. The standard InChI is InChI=1S/C46H30N4/c1-3-12-31(13-4-1)32-21-23-35(24-22-32)44-48-45(42-28-27-37(36-17-11-29-47-30-36)40-19-9-10-20-41(40)42)50-46(49-44)43-38-18-8-7-16-34(38)25-26-39(43)33-14-5-2-6-15-33/h1-30H. The molecular weight excluding hydrogens is 609 g/mol. The van der Waals surface area contributed by atoms with Crippen molar-refractivity contribution in [2.24, 2.45) is 0 Å². The van der Waals surface area contributed by atoms with E-state index >= 15 is 0 Å². The van der Waals surface area contributed by atoms with Crippen molar-refractivity contribution in [2.45, 2.75) is 0 Å². The van der Waals surface area contributed by atoms with E-state index in [1.54, 1.807) is 6.20 Å². The largest absolute Gasteiger partial charge is 0.264 e. The van der Waals surface area contributed by atoms with Crippen LogP contribution in [0.15, 0.2) is 182 Å². The quantitative estimate of drug-likeness (QED) is 0.182. The van der Waals surface area contributed by atoms with Gasteiger partial charge >= 0.3 is 0 Å². The molecule has 4 heteroatoms. The van der Waals surface area contributed by atoms with Crippen LogP contribution in [0.1, 0.15) is 0 Å². The Labute approximate surface area is 290 Å². The number of pyridine rings is 1. The van der Waals surface area contributed by atoms with Gasteiger partial charge in [-0.25, -0.2) is 15.0 Å². The Balaban J connectivity index is 1.30. The first kappa shape index (κ1) is 29.4. The van der Waals surface area contributed by atoms with Gasteiger partial charge < -0.3 is 0 Å². The van der Waals surface area contributed by atoms with Crippen LogP contribution in [0.25, 0.3) is 89.1 Å². The number of hydrogen-bond acceptors (Lipinski definition) is 4. The van der Waals surface area contributed by atoms with E-state index in [0.717, 1.165) is 66.1 Å². The highest BCUT2D eigenvalue weighted by molar-refractivity contribution is 6.05. The third-order valence-corrected chi connectivity index (χ3v) is 9.26. The number of nitrogens with zero attached hydrogens (tertiary/aromatic N) is 4. The fraction of sp³-hybridized carbons (Fsp3) is 0. The van der Waals surface area contributed by atoms with Gasteiger partial charge in [-0.2, -0.15) is 0 Å². The third kappa shape index (κ3) is 5.39. The molecule has 0 aliphatic heterocycles. The van der Waals surface area contributed by atoms with E-state index in [2.05, 4.69) is 157 Å². The van der Waals surface area contributed by atoms with Crippen molar-refractivity contribution in [3.8, 4) is 67.5 Å². The third-order valence-electron chi connectivity index (χ3n) is 9.26. The van der Waals surface area contributed by atoms with Crippen LogP contribution in [0.3, 0.4) is 0 Å². The Morgan fingerprint density at radius 2 is 0.840 bits per heavy atom. The van der Waals surface area contributed by atoms with E-state index in [0.29, 0.717) is 17.5 Å². The maximum Gasteiger partial charge on any atom is 0.165 e. The Morgan fingerprint density at radius 1 is 0.300 bits per heavy atom. The summed E-state index contributed by atoms with van der Waals surface area (Å²) < 4.78 is 0. The van der Waals surface area contributed by atoms with Crippen LogP contribution in [0.5, 0.6) is 0 Å². The van der Waals surface area contributed by atoms with Crippen molar-refractivity contribution < 1.29 is 0 Å². The number of hydrogen-bond donors (Lipinski definition) is 0. The van der Waals surface area contributed by atoms with Crippen LogP contribution >= 0.6 is 0 Å². The van der Waals surface area contributed by atoms with Crippen molar-refractivity contribution in [1.82, 2.24) is 19.9 Å². The molecule has 0 unspecified atom stereocenters. The summed E-state index contributed by atoms with van der Waals surface area (Å²) in [6.45, 7) is 0. The molecule has 0 aliphatic carbocycles. The van der Waals surface area contributed by atoms with Gasteiger partial charge in [-0.05, 0) is 61.5 Å². The second kappa shape index (κ2) is 12.7. The highest BCUT2D eigenvalue weighted by atomic mass is 15.0. The first-order valence-electron chi connectivity index (χ1n) is 16.7. The molecule has 50 heavy (non-hydrogen) atoms. The predicted molar refractivity (Wildman–Crippen MR) is 205 cm³/mol. The first-order chi connectivity index (χ1) is 24.8. The van der Waals surface area contributed by atoms with Crippen molar-refractivity contribution in [1.29, 1.82) is 0 Å². The van der Waals surface area contributed by atoms with Gasteiger partial charge in [-0.3, -0.25) is 4.98 Å². The zero-order valence-electron chi connectivity index (χ0n) is 27.1. The minimum absolute atomic E-state index is 0.622. The highest BCUT2D eigenvalue weighted by Crippen LogP contribution is 2.40. The molecule has 0 aliphatic rings. The molecule has 0 fully saturated rings. The molecule has 0 radical (unpaired) electrons. The Morgan fingerprint density at radius 3 is 1.58 bits per heavy atom. The summed E-state index contributed by atoms with van der Waals surface area (Å²) in [4.78, 5) is 20.2. The lowest BCUT2D eigenvalue weighted by Gasteiger charge is -2.16. The molecular formula is C46H30N4. The van der Waals surface area contributed by atoms with E-state index in [4.69, 9.17) is 15.0 Å². The van der Waals surface area contributed by atoms with Gasteiger partial charge in [0, 0.05) is 34.6 Å². The van der Waals surface area contributed by atoms with Crippen molar-refractivity contribution in [2.75, 3.05) is 0 Å². The molecule has 0 atom stereocenters. The second-order valence-electron chi connectivity index (χ2n) is 12.3. The van der Waals surface area contributed by atoms with Gasteiger partial charge in [-0.1, -0.05) is 158 Å². The lowest BCUT2D eigenvalue weighted by atomic mass is 9.93. The highest BCUT2D eigenvalue weighted by Gasteiger charge is 2.20. The molecule has 234 valence electrons. The number of rotatable bonds is 6. The maximum atomic E-state index is 5.32. The molecule has 4 nitrogen and oxygen atoms in total. The van der Waals surface area contributed by atoms with Crippen LogP contribution in [-0.4, -0.2) is 19.9 Å². The summed E-state index contributed by atoms with van der Waals surface area (Å²) >= 11 is 0. The Kier molecular flexibility index (Phi) is 7.45. The second-order valence-corrected chi connectivity index (χ2v) is 12.3. The van der Waals surface area contributed by atoms with Gasteiger partial charge in [0.05, 0.1) is 0 Å². The van der Waals surface area contributed by atoms with E-state index < -0.39 is 0 Å². The van der Waals surface area contributed by atoms with Gasteiger partial charge in [0.25, 0.3) is 0 Å². The molecule has 0 spiro atoms. The van der Waals surface area contributed by atoms with Crippen molar-refractivity contribution in [3.05, 3.63) is 182 Å². The molecule has 9 aromatic rings. The normalized spacial score (nSPS) is 11.2. The minimum atomic E-state index is 0.622. The van der Waals surface area contributed by atoms with Gasteiger partial charge in [-0.15, -0.1) is 0 Å². The van der Waals surface area contributed by atoms with E-state index in [1.165, 1.54) is 5.56 Å². The summed E-state index contributed by atoms with van der Waals surface area (Å²) in [7, 11) is 0. The molecule has 9 rings (SSSR count). The lowest BCUT2D eigenvalue weighted by molar-refractivity contribution is 1.08. The average molecular weight is 639 g/mol. The molecule has 7 aromatic carbocycles. The summed E-state index contributed by atoms with van der Waals surface area (Å²) in [6, 6.07) is 59.0. The van der Waals surface area contributed by atoms with E-state index in [1.807, 2.05) is 24.4 Å². The van der Waals surface area contributed by atoms with Gasteiger partial charge in [0.2, 0.25) is 0 Å². The maximum absolute atomic E-state index is 5.32. The lowest BCUT2D eigenvalue weighted by Crippen LogP contribution is -2.02. The van der Waals surface area contributed by atoms with Crippen LogP contribution in [-0.2, 0) is 0 Å². The molecule has 2 aromatic heterocycles.